The Hall–Kier alpha value is -3.81. The molecule has 0 fully saturated rings. The maximum atomic E-state index is 13.5. The highest BCUT2D eigenvalue weighted by Crippen LogP contribution is 2.46. The van der Waals surface area contributed by atoms with E-state index in [-0.39, 0.29) is 11.2 Å². The van der Waals surface area contributed by atoms with Gasteiger partial charge in [-0.1, -0.05) is 19.9 Å². The maximum absolute atomic E-state index is 13.5. The highest BCUT2D eigenvalue weighted by atomic mass is 16.5. The predicted molar refractivity (Wildman–Crippen MR) is 138 cm³/mol. The summed E-state index contributed by atoms with van der Waals surface area (Å²) in [6, 6.07) is 13.1. The number of hydrogen-bond donors (Lipinski definition) is 1. The van der Waals surface area contributed by atoms with Crippen LogP contribution in [0.25, 0.3) is 11.4 Å². The molecule has 0 saturated carbocycles. The lowest BCUT2D eigenvalue weighted by Gasteiger charge is -2.38. The summed E-state index contributed by atoms with van der Waals surface area (Å²) in [6.07, 6.45) is 1.23. The molecule has 1 unspecified atom stereocenters. The quantitative estimate of drug-likeness (QED) is 0.476. The standard InChI is InChI=1S/C28H32N4O4/c1-6-35-19-11-8-17(9-12-19)26-30-27-29-20-15-28(3,4)16-21(33)24(20)25(32(27)31-26)18-10-13-22(36-7-2)23(14-18)34-5/h8-14,25H,6-7,15-16H2,1-5H3,(H,29,30,31). The highest BCUT2D eigenvalue weighted by molar-refractivity contribution is 6.00. The molecule has 0 spiro atoms. The number of rotatable bonds is 7. The van der Waals surface area contributed by atoms with Gasteiger partial charge in [-0.25, -0.2) is 4.68 Å². The SMILES string of the molecule is CCOc1ccc(-c2nc3n(n2)C(c2ccc(OCC)c(OC)c2)C2=C(CC(C)(C)CC2=O)N3)cc1. The van der Waals surface area contributed by atoms with Crippen LogP contribution in [0.1, 0.15) is 52.1 Å². The number of ketones is 1. The van der Waals surface area contributed by atoms with Gasteiger partial charge in [0.05, 0.1) is 20.3 Å². The molecule has 0 radical (unpaired) electrons. The number of carbonyl (C=O) groups is 1. The molecule has 1 atom stereocenters. The van der Waals surface area contributed by atoms with Crippen molar-refractivity contribution in [2.45, 2.75) is 46.6 Å². The second kappa shape index (κ2) is 9.33. The normalized spacial score (nSPS) is 18.2. The number of benzene rings is 2. The summed E-state index contributed by atoms with van der Waals surface area (Å²) >= 11 is 0. The molecule has 2 aromatic carbocycles. The van der Waals surface area contributed by atoms with Crippen LogP contribution in [0.3, 0.4) is 0 Å². The lowest BCUT2D eigenvalue weighted by Crippen LogP contribution is -2.36. The number of allylic oxidation sites excluding steroid dienone is 2. The Bertz CT molecular complexity index is 1320. The second-order valence-electron chi connectivity index (χ2n) is 9.86. The Morgan fingerprint density at radius 1 is 1.03 bits per heavy atom. The van der Waals surface area contributed by atoms with Gasteiger partial charge in [0, 0.05) is 23.3 Å². The van der Waals surface area contributed by atoms with Crippen LogP contribution in [0.4, 0.5) is 5.95 Å². The first-order valence-corrected chi connectivity index (χ1v) is 12.4. The van der Waals surface area contributed by atoms with Gasteiger partial charge in [-0.15, -0.1) is 5.10 Å². The maximum Gasteiger partial charge on any atom is 0.226 e. The summed E-state index contributed by atoms with van der Waals surface area (Å²) in [5.74, 6) is 3.39. The van der Waals surface area contributed by atoms with E-state index in [0.29, 0.717) is 42.9 Å². The van der Waals surface area contributed by atoms with Gasteiger partial charge < -0.3 is 19.5 Å². The van der Waals surface area contributed by atoms with E-state index in [9.17, 15) is 4.79 Å². The zero-order valence-electron chi connectivity index (χ0n) is 21.4. The molecule has 8 nitrogen and oxygen atoms in total. The average molecular weight is 489 g/mol. The molecule has 1 aromatic heterocycles. The number of methoxy groups -OCH3 is 1. The topological polar surface area (TPSA) is 87.5 Å². The van der Waals surface area contributed by atoms with E-state index in [2.05, 4.69) is 19.2 Å². The fourth-order valence-electron chi connectivity index (χ4n) is 5.04. The molecule has 3 aromatic rings. The van der Waals surface area contributed by atoms with E-state index in [1.807, 2.05) is 61.0 Å². The van der Waals surface area contributed by atoms with Gasteiger partial charge in [0.25, 0.3) is 0 Å². The number of carbonyl (C=O) groups excluding carboxylic acids is 1. The van der Waals surface area contributed by atoms with E-state index >= 15 is 0 Å². The zero-order chi connectivity index (χ0) is 25.4. The van der Waals surface area contributed by atoms with E-state index in [0.717, 1.165) is 34.6 Å². The lowest BCUT2D eigenvalue weighted by molar-refractivity contribution is -0.118. The van der Waals surface area contributed by atoms with Gasteiger partial charge in [-0.2, -0.15) is 4.98 Å². The first-order valence-electron chi connectivity index (χ1n) is 12.4. The fraction of sp³-hybridized carbons (Fsp3) is 0.393. The summed E-state index contributed by atoms with van der Waals surface area (Å²) < 4.78 is 18.7. The Balaban J connectivity index is 1.62. The molecule has 188 valence electrons. The van der Waals surface area contributed by atoms with Crippen molar-refractivity contribution in [1.82, 2.24) is 14.8 Å². The Morgan fingerprint density at radius 2 is 1.78 bits per heavy atom. The highest BCUT2D eigenvalue weighted by Gasteiger charge is 2.42. The third-order valence-electron chi connectivity index (χ3n) is 6.56. The van der Waals surface area contributed by atoms with Crippen LogP contribution >= 0.6 is 0 Å². The number of ether oxygens (including phenoxy) is 3. The third kappa shape index (κ3) is 4.32. The Morgan fingerprint density at radius 3 is 2.47 bits per heavy atom. The average Bonchev–Trinajstić information content (AvgIpc) is 3.27. The minimum Gasteiger partial charge on any atom is -0.494 e. The second-order valence-corrected chi connectivity index (χ2v) is 9.86. The largest absolute Gasteiger partial charge is 0.494 e. The van der Waals surface area contributed by atoms with Crippen molar-refractivity contribution in [2.24, 2.45) is 5.41 Å². The molecule has 0 saturated heterocycles. The van der Waals surface area contributed by atoms with Crippen molar-refractivity contribution in [3.05, 3.63) is 59.3 Å². The van der Waals surface area contributed by atoms with Crippen LogP contribution in [-0.4, -0.2) is 40.9 Å². The van der Waals surface area contributed by atoms with E-state index < -0.39 is 6.04 Å². The molecule has 36 heavy (non-hydrogen) atoms. The fourth-order valence-corrected chi connectivity index (χ4v) is 5.04. The van der Waals surface area contributed by atoms with Crippen molar-refractivity contribution >= 4 is 11.7 Å². The minimum absolute atomic E-state index is 0.121. The van der Waals surface area contributed by atoms with E-state index in [4.69, 9.17) is 24.3 Å². The number of aromatic nitrogens is 3. The Kier molecular flexibility index (Phi) is 6.20. The van der Waals surface area contributed by atoms with Gasteiger partial charge in [-0.05, 0) is 67.6 Å². The number of fused-ring (bicyclic) bond motifs is 1. The van der Waals surface area contributed by atoms with Crippen LogP contribution < -0.4 is 19.5 Å². The minimum atomic E-state index is -0.423. The molecule has 1 N–H and O–H groups in total. The lowest BCUT2D eigenvalue weighted by atomic mass is 9.73. The smallest absolute Gasteiger partial charge is 0.226 e. The van der Waals surface area contributed by atoms with Crippen molar-refractivity contribution < 1.29 is 19.0 Å². The van der Waals surface area contributed by atoms with Crippen LogP contribution in [0, 0.1) is 5.41 Å². The van der Waals surface area contributed by atoms with Crippen LogP contribution in [0.5, 0.6) is 17.2 Å². The summed E-state index contributed by atoms with van der Waals surface area (Å²) in [4.78, 5) is 18.3. The number of nitrogens with one attached hydrogen (secondary N) is 1. The Labute approximate surface area is 211 Å². The monoisotopic (exact) mass is 488 g/mol. The predicted octanol–water partition coefficient (Wildman–Crippen LogP) is 5.41. The molecular formula is C28H32N4O4. The molecule has 0 bridgehead atoms. The van der Waals surface area contributed by atoms with Gasteiger partial charge in [0.2, 0.25) is 5.95 Å². The van der Waals surface area contributed by atoms with E-state index in [1.54, 1.807) is 7.11 Å². The molecular weight excluding hydrogens is 456 g/mol. The summed E-state index contributed by atoms with van der Waals surface area (Å²) in [5.41, 5.74) is 3.27. The molecule has 1 aliphatic heterocycles. The zero-order valence-corrected chi connectivity index (χ0v) is 21.4. The summed E-state index contributed by atoms with van der Waals surface area (Å²) in [5, 5.41) is 8.31. The first kappa shape index (κ1) is 23.9. The number of Topliss-reactive ketones (excluding diaryl/α,β-unsaturated/α-hetero) is 1. The van der Waals surface area contributed by atoms with E-state index in [1.165, 1.54) is 0 Å². The van der Waals surface area contributed by atoms with Crippen molar-refractivity contribution in [3.8, 4) is 28.6 Å². The van der Waals surface area contributed by atoms with Crippen LogP contribution in [0.15, 0.2) is 53.7 Å². The molecule has 8 heteroatoms. The van der Waals surface area contributed by atoms with Gasteiger partial charge in [0.1, 0.15) is 11.8 Å². The third-order valence-corrected chi connectivity index (χ3v) is 6.56. The van der Waals surface area contributed by atoms with Gasteiger partial charge >= 0.3 is 0 Å². The number of hydrogen-bond acceptors (Lipinski definition) is 7. The number of nitrogens with zero attached hydrogens (tertiary/aromatic N) is 3. The van der Waals surface area contributed by atoms with Gasteiger partial charge in [-0.3, -0.25) is 4.79 Å². The van der Waals surface area contributed by atoms with Crippen molar-refractivity contribution in [2.75, 3.05) is 25.6 Å². The van der Waals surface area contributed by atoms with Crippen molar-refractivity contribution in [3.63, 3.8) is 0 Å². The molecule has 2 aliphatic rings. The van der Waals surface area contributed by atoms with Crippen LogP contribution in [-0.2, 0) is 4.79 Å². The first-order chi connectivity index (χ1) is 17.3. The van der Waals surface area contributed by atoms with Gasteiger partial charge in [0.15, 0.2) is 23.1 Å². The molecule has 2 heterocycles. The van der Waals surface area contributed by atoms with Crippen LogP contribution in [0.2, 0.25) is 0 Å². The summed E-state index contributed by atoms with van der Waals surface area (Å²) in [7, 11) is 1.62. The van der Waals surface area contributed by atoms with Crippen molar-refractivity contribution in [1.29, 1.82) is 0 Å². The number of anilines is 1. The molecule has 5 rings (SSSR count). The molecule has 0 amide bonds. The molecule has 1 aliphatic carbocycles. The summed E-state index contributed by atoms with van der Waals surface area (Å²) in [6.45, 7) is 9.27.